The number of benzene rings is 1. The number of likely N-dealkylation sites (tertiary alicyclic amines) is 1. The highest BCUT2D eigenvalue weighted by molar-refractivity contribution is 5.79. The lowest BCUT2D eigenvalue weighted by Gasteiger charge is -2.24. The first-order valence-corrected chi connectivity index (χ1v) is 9.61. The summed E-state index contributed by atoms with van der Waals surface area (Å²) in [5.41, 5.74) is 2.64. The van der Waals surface area contributed by atoms with Gasteiger partial charge in [-0.05, 0) is 58.1 Å². The third-order valence-electron chi connectivity index (χ3n) is 4.77. The molecule has 140 valence electrons. The van der Waals surface area contributed by atoms with E-state index in [2.05, 4.69) is 72.6 Å². The summed E-state index contributed by atoms with van der Waals surface area (Å²) < 4.78 is 0. The molecule has 0 amide bonds. The number of likely N-dealkylation sites (N-methyl/N-ethyl adjacent to an activating group) is 1. The van der Waals surface area contributed by atoms with Gasteiger partial charge < -0.3 is 15.5 Å². The van der Waals surface area contributed by atoms with Gasteiger partial charge in [0, 0.05) is 25.7 Å². The zero-order chi connectivity index (χ0) is 18.1. The van der Waals surface area contributed by atoms with Crippen LogP contribution in [-0.2, 0) is 13.1 Å². The maximum atomic E-state index is 4.82. The van der Waals surface area contributed by atoms with Crippen molar-refractivity contribution >= 4 is 5.96 Å². The summed E-state index contributed by atoms with van der Waals surface area (Å²) in [6.07, 6.45) is 2.59. The first kappa shape index (κ1) is 19.7. The van der Waals surface area contributed by atoms with Gasteiger partial charge in [0.15, 0.2) is 5.96 Å². The minimum atomic E-state index is 0.634. The number of rotatable bonds is 8. The first-order valence-electron chi connectivity index (χ1n) is 9.61. The van der Waals surface area contributed by atoms with Crippen LogP contribution in [0.15, 0.2) is 29.3 Å². The zero-order valence-electron chi connectivity index (χ0n) is 16.4. The Labute approximate surface area is 153 Å². The van der Waals surface area contributed by atoms with Gasteiger partial charge >= 0.3 is 0 Å². The molecule has 2 rings (SSSR count). The van der Waals surface area contributed by atoms with Gasteiger partial charge in [0.1, 0.15) is 0 Å². The van der Waals surface area contributed by atoms with Crippen LogP contribution in [0, 0.1) is 0 Å². The molecule has 0 spiro atoms. The first-order chi connectivity index (χ1) is 12.1. The molecule has 2 N–H and O–H groups in total. The quantitative estimate of drug-likeness (QED) is 0.560. The SMILES string of the molecule is CCNC(=NCc1ccccc1CN(C)C)NCC1CCCN1CC. The van der Waals surface area contributed by atoms with Crippen LogP contribution >= 0.6 is 0 Å². The van der Waals surface area contributed by atoms with Gasteiger partial charge in [-0.3, -0.25) is 4.90 Å². The second kappa shape index (κ2) is 10.4. The van der Waals surface area contributed by atoms with Gasteiger partial charge in [-0.2, -0.15) is 0 Å². The van der Waals surface area contributed by atoms with Crippen molar-refractivity contribution in [2.75, 3.05) is 40.3 Å². The van der Waals surface area contributed by atoms with Crippen molar-refractivity contribution in [3.63, 3.8) is 0 Å². The fourth-order valence-corrected chi connectivity index (χ4v) is 3.47. The van der Waals surface area contributed by atoms with E-state index in [0.717, 1.165) is 32.1 Å². The van der Waals surface area contributed by atoms with Crippen LogP contribution in [0.5, 0.6) is 0 Å². The molecule has 1 saturated heterocycles. The summed E-state index contributed by atoms with van der Waals surface area (Å²) in [5.74, 6) is 0.921. The third kappa shape index (κ3) is 6.33. The summed E-state index contributed by atoms with van der Waals surface area (Å²) in [7, 11) is 4.21. The average Bonchev–Trinajstić information content (AvgIpc) is 3.05. The zero-order valence-corrected chi connectivity index (χ0v) is 16.4. The molecule has 5 nitrogen and oxygen atoms in total. The van der Waals surface area contributed by atoms with E-state index in [4.69, 9.17) is 4.99 Å². The molecular formula is C20H35N5. The molecule has 0 bridgehead atoms. The predicted molar refractivity (Wildman–Crippen MR) is 107 cm³/mol. The Hall–Kier alpha value is -1.59. The molecule has 1 unspecified atom stereocenters. The van der Waals surface area contributed by atoms with Crippen LogP contribution in [0.3, 0.4) is 0 Å². The lowest BCUT2D eigenvalue weighted by molar-refractivity contribution is 0.267. The molecule has 1 aromatic rings. The molecule has 25 heavy (non-hydrogen) atoms. The molecule has 1 aromatic carbocycles. The topological polar surface area (TPSA) is 42.9 Å². The van der Waals surface area contributed by atoms with Crippen LogP contribution < -0.4 is 10.6 Å². The van der Waals surface area contributed by atoms with Crippen molar-refractivity contribution in [3.05, 3.63) is 35.4 Å². The molecule has 1 heterocycles. The minimum absolute atomic E-state index is 0.634. The van der Waals surface area contributed by atoms with Crippen molar-refractivity contribution in [2.24, 2.45) is 4.99 Å². The maximum absolute atomic E-state index is 4.82. The van der Waals surface area contributed by atoms with E-state index >= 15 is 0 Å². The summed E-state index contributed by atoms with van der Waals surface area (Å²) >= 11 is 0. The molecule has 1 fully saturated rings. The highest BCUT2D eigenvalue weighted by Crippen LogP contribution is 2.15. The Bertz CT molecular complexity index is 541. The number of nitrogens with one attached hydrogen (secondary N) is 2. The Balaban J connectivity index is 1.97. The van der Waals surface area contributed by atoms with Crippen LogP contribution in [0.2, 0.25) is 0 Å². The van der Waals surface area contributed by atoms with Crippen molar-refractivity contribution in [3.8, 4) is 0 Å². The largest absolute Gasteiger partial charge is 0.357 e. The smallest absolute Gasteiger partial charge is 0.191 e. The molecule has 0 saturated carbocycles. The summed E-state index contributed by atoms with van der Waals surface area (Å²) in [4.78, 5) is 9.58. The van der Waals surface area contributed by atoms with E-state index in [-0.39, 0.29) is 0 Å². The highest BCUT2D eigenvalue weighted by atomic mass is 15.2. The molecule has 0 aliphatic carbocycles. The van der Waals surface area contributed by atoms with E-state index < -0.39 is 0 Å². The second-order valence-corrected chi connectivity index (χ2v) is 7.01. The van der Waals surface area contributed by atoms with E-state index in [1.807, 2.05) is 0 Å². The van der Waals surface area contributed by atoms with Gasteiger partial charge in [-0.1, -0.05) is 31.2 Å². The maximum Gasteiger partial charge on any atom is 0.191 e. The van der Waals surface area contributed by atoms with E-state index in [1.54, 1.807) is 0 Å². The fourth-order valence-electron chi connectivity index (χ4n) is 3.47. The van der Waals surface area contributed by atoms with E-state index in [1.165, 1.54) is 30.5 Å². The van der Waals surface area contributed by atoms with Gasteiger partial charge in [0.25, 0.3) is 0 Å². The second-order valence-electron chi connectivity index (χ2n) is 7.01. The van der Waals surface area contributed by atoms with Crippen molar-refractivity contribution in [2.45, 2.75) is 45.8 Å². The molecule has 1 atom stereocenters. The molecular weight excluding hydrogens is 310 g/mol. The Morgan fingerprint density at radius 3 is 2.64 bits per heavy atom. The van der Waals surface area contributed by atoms with Gasteiger partial charge in [-0.15, -0.1) is 0 Å². The minimum Gasteiger partial charge on any atom is -0.357 e. The third-order valence-corrected chi connectivity index (χ3v) is 4.77. The summed E-state index contributed by atoms with van der Waals surface area (Å²) in [6.45, 7) is 10.2. The summed E-state index contributed by atoms with van der Waals surface area (Å²) in [5, 5.41) is 6.92. The Kier molecular flexibility index (Phi) is 8.22. The van der Waals surface area contributed by atoms with E-state index in [9.17, 15) is 0 Å². The number of nitrogens with zero attached hydrogens (tertiary/aromatic N) is 3. The number of guanidine groups is 1. The highest BCUT2D eigenvalue weighted by Gasteiger charge is 2.22. The van der Waals surface area contributed by atoms with Crippen molar-refractivity contribution in [1.82, 2.24) is 20.4 Å². The molecule has 1 aliphatic rings. The predicted octanol–water partition coefficient (Wildman–Crippen LogP) is 2.29. The van der Waals surface area contributed by atoms with Crippen molar-refractivity contribution in [1.29, 1.82) is 0 Å². The lowest BCUT2D eigenvalue weighted by Crippen LogP contribution is -2.44. The van der Waals surface area contributed by atoms with E-state index in [0.29, 0.717) is 12.6 Å². The Morgan fingerprint density at radius 2 is 1.96 bits per heavy atom. The fraction of sp³-hybridized carbons (Fsp3) is 0.650. The number of aliphatic imine (C=N–C) groups is 1. The monoisotopic (exact) mass is 345 g/mol. The van der Waals surface area contributed by atoms with Gasteiger partial charge in [-0.25, -0.2) is 4.99 Å². The number of hydrogen-bond acceptors (Lipinski definition) is 3. The van der Waals surface area contributed by atoms with Gasteiger partial charge in [0.2, 0.25) is 0 Å². The van der Waals surface area contributed by atoms with Crippen molar-refractivity contribution < 1.29 is 0 Å². The molecule has 1 aliphatic heterocycles. The molecule has 5 heteroatoms. The molecule has 0 radical (unpaired) electrons. The van der Waals surface area contributed by atoms with Crippen LogP contribution in [0.25, 0.3) is 0 Å². The standard InChI is InChI=1S/C20H35N5/c1-5-21-20(23-15-19-12-9-13-25(19)6-2)22-14-17-10-7-8-11-18(17)16-24(3)4/h7-8,10-11,19H,5-6,9,12-16H2,1-4H3,(H2,21,22,23). The van der Waals surface area contributed by atoms with Crippen LogP contribution in [-0.4, -0.2) is 62.1 Å². The molecule has 0 aromatic heterocycles. The number of hydrogen-bond donors (Lipinski definition) is 2. The Morgan fingerprint density at radius 1 is 1.20 bits per heavy atom. The normalized spacial score (nSPS) is 18.8. The van der Waals surface area contributed by atoms with Crippen LogP contribution in [0.4, 0.5) is 0 Å². The van der Waals surface area contributed by atoms with Gasteiger partial charge in [0.05, 0.1) is 6.54 Å². The summed E-state index contributed by atoms with van der Waals surface area (Å²) in [6, 6.07) is 9.22. The lowest BCUT2D eigenvalue weighted by atomic mass is 10.1. The van der Waals surface area contributed by atoms with Crippen LogP contribution in [0.1, 0.15) is 37.8 Å². The average molecular weight is 346 g/mol.